The Labute approximate surface area is 49.4 Å². The van der Waals surface area contributed by atoms with Gasteiger partial charge in [0, 0.05) is 0 Å². The quantitative estimate of drug-likeness (QED) is 0.519. The molecule has 0 aromatic heterocycles. The second kappa shape index (κ2) is 2.19. The third-order valence-electron chi connectivity index (χ3n) is 1.16. The number of rotatable bonds is 0. The van der Waals surface area contributed by atoms with Crippen molar-refractivity contribution in [2.45, 2.75) is 28.2 Å². The van der Waals surface area contributed by atoms with Crippen LogP contribution in [-0.4, -0.2) is 20.9 Å². The van der Waals surface area contributed by atoms with Gasteiger partial charge in [-0.25, -0.2) is 0 Å². The van der Waals surface area contributed by atoms with Crippen molar-refractivity contribution in [2.24, 2.45) is 0 Å². The first-order chi connectivity index (χ1) is 2.89. The van der Waals surface area contributed by atoms with E-state index in [1.54, 1.807) is 17.3 Å². The molecule has 1 heteroatoms. The molecular weight excluding hydrogens is 188 g/mol. The van der Waals surface area contributed by atoms with Gasteiger partial charge in [-0.1, -0.05) is 0 Å². The zero-order chi connectivity index (χ0) is 4.41. The van der Waals surface area contributed by atoms with E-state index in [4.69, 9.17) is 0 Å². The van der Waals surface area contributed by atoms with E-state index in [1.165, 1.54) is 3.97 Å². The van der Waals surface area contributed by atoms with Crippen molar-refractivity contribution >= 4 is 20.9 Å². The van der Waals surface area contributed by atoms with Gasteiger partial charge in [0.15, 0.2) is 0 Å². The zero-order valence-electron chi connectivity index (χ0n) is 4.11. The summed E-state index contributed by atoms with van der Waals surface area (Å²) in [7, 11) is 0. The van der Waals surface area contributed by atoms with Gasteiger partial charge in [0.1, 0.15) is 0 Å². The van der Waals surface area contributed by atoms with Gasteiger partial charge < -0.3 is 0 Å². The molecule has 6 heavy (non-hydrogen) atoms. The first-order valence-corrected chi connectivity index (χ1v) is 5.50. The second-order valence-corrected chi connectivity index (χ2v) is 6.24. The molecule has 0 saturated carbocycles. The molecule has 0 N–H and O–H groups in total. The van der Waals surface area contributed by atoms with Gasteiger partial charge in [0.05, 0.1) is 0 Å². The van der Waals surface area contributed by atoms with E-state index in [-0.39, 0.29) is 0 Å². The Hall–Kier alpha value is 0.790. The van der Waals surface area contributed by atoms with Crippen LogP contribution >= 0.6 is 0 Å². The summed E-state index contributed by atoms with van der Waals surface area (Å²) in [6.07, 6.45) is 3.09. The minimum absolute atomic E-state index is 0.533. The topological polar surface area (TPSA) is 0 Å². The van der Waals surface area contributed by atoms with Gasteiger partial charge in [-0.3, -0.25) is 0 Å². The van der Waals surface area contributed by atoms with Crippen LogP contribution in [0.25, 0.3) is 0 Å². The molecule has 1 aliphatic heterocycles. The zero-order valence-corrected chi connectivity index (χ0v) is 6.44. The van der Waals surface area contributed by atoms with Crippen molar-refractivity contribution in [3.05, 3.63) is 0 Å². The maximum atomic E-state index is 2.40. The Morgan fingerprint density at radius 2 is 2.50 bits per heavy atom. The van der Waals surface area contributed by atoms with Crippen LogP contribution in [0, 0.1) is 0 Å². The van der Waals surface area contributed by atoms with E-state index >= 15 is 0 Å². The van der Waals surface area contributed by atoms with Crippen molar-refractivity contribution in [3.8, 4) is 0 Å². The summed E-state index contributed by atoms with van der Waals surface area (Å²) in [6, 6.07) is 0. The van der Waals surface area contributed by atoms with E-state index in [9.17, 15) is 0 Å². The predicted molar refractivity (Wildman–Crippen MR) is 29.2 cm³/mol. The van der Waals surface area contributed by atoms with E-state index in [0.29, 0.717) is 20.9 Å². The minimum atomic E-state index is 0.533. The first-order valence-electron chi connectivity index (χ1n) is 2.51. The molecule has 0 radical (unpaired) electrons. The molecule has 1 heterocycles. The third kappa shape index (κ3) is 1.13. The fourth-order valence-corrected chi connectivity index (χ4v) is 3.79. The molecular formula is C5H10Te. The van der Waals surface area contributed by atoms with Crippen molar-refractivity contribution in [2.75, 3.05) is 0 Å². The summed E-state index contributed by atoms with van der Waals surface area (Å²) < 4.78 is 2.79. The Kier molecular flexibility index (Phi) is 1.80. The Morgan fingerprint density at radius 3 is 2.67 bits per heavy atom. The molecule has 0 amide bonds. The Balaban J connectivity index is 2.18. The van der Waals surface area contributed by atoms with Gasteiger partial charge >= 0.3 is 49.1 Å². The van der Waals surface area contributed by atoms with Crippen LogP contribution in [-0.2, 0) is 0 Å². The van der Waals surface area contributed by atoms with Crippen LogP contribution in [0.1, 0.15) is 19.8 Å². The summed E-state index contributed by atoms with van der Waals surface area (Å²) in [5, 5.41) is 0. The fraction of sp³-hybridized carbons (Fsp3) is 1.00. The Bertz CT molecular complexity index is 37.2. The van der Waals surface area contributed by atoms with Crippen LogP contribution in [0.5, 0.6) is 0 Å². The molecule has 1 saturated heterocycles. The molecule has 1 rings (SSSR count). The SMILES string of the molecule is CC1CCC[Te]1. The molecule has 36 valence electrons. The van der Waals surface area contributed by atoms with Crippen molar-refractivity contribution < 1.29 is 0 Å². The summed E-state index contributed by atoms with van der Waals surface area (Å²) >= 11 is 0.533. The fourth-order valence-electron chi connectivity index (χ4n) is 0.739. The van der Waals surface area contributed by atoms with Gasteiger partial charge in [0.2, 0.25) is 0 Å². The van der Waals surface area contributed by atoms with Crippen molar-refractivity contribution in [3.63, 3.8) is 0 Å². The van der Waals surface area contributed by atoms with E-state index < -0.39 is 0 Å². The molecule has 1 aliphatic rings. The molecule has 0 aromatic carbocycles. The van der Waals surface area contributed by atoms with Crippen LogP contribution in [0.3, 0.4) is 0 Å². The molecule has 0 bridgehead atoms. The van der Waals surface area contributed by atoms with Crippen LogP contribution < -0.4 is 0 Å². The van der Waals surface area contributed by atoms with E-state index in [0.717, 1.165) is 0 Å². The van der Waals surface area contributed by atoms with Crippen LogP contribution in [0.4, 0.5) is 0 Å². The average molecular weight is 198 g/mol. The Morgan fingerprint density at radius 1 is 1.67 bits per heavy atom. The molecule has 1 atom stereocenters. The standard InChI is InChI=1S/C5H10Te/c1-5-3-2-4-6-5/h5H,2-4H2,1H3. The van der Waals surface area contributed by atoms with Crippen molar-refractivity contribution in [1.29, 1.82) is 0 Å². The van der Waals surface area contributed by atoms with E-state index in [2.05, 4.69) is 6.92 Å². The third-order valence-corrected chi connectivity index (χ3v) is 4.95. The monoisotopic (exact) mass is 200 g/mol. The van der Waals surface area contributed by atoms with E-state index in [1.807, 2.05) is 0 Å². The summed E-state index contributed by atoms with van der Waals surface area (Å²) in [4.78, 5) is 0. The maximum absolute atomic E-state index is 2.40. The molecule has 0 aliphatic carbocycles. The number of hydrogen-bond acceptors (Lipinski definition) is 0. The summed E-state index contributed by atoms with van der Waals surface area (Å²) in [5.41, 5.74) is 0. The van der Waals surface area contributed by atoms with Crippen LogP contribution in [0.15, 0.2) is 0 Å². The average Bonchev–Trinajstić information content (AvgIpc) is 1.86. The first kappa shape index (κ1) is 4.94. The molecule has 1 unspecified atom stereocenters. The molecule has 1 fully saturated rings. The number of hydrogen-bond donors (Lipinski definition) is 0. The molecule has 0 spiro atoms. The van der Waals surface area contributed by atoms with Gasteiger partial charge in [-0.05, 0) is 0 Å². The van der Waals surface area contributed by atoms with Crippen molar-refractivity contribution in [1.82, 2.24) is 0 Å². The molecule has 0 aromatic rings. The molecule has 0 nitrogen and oxygen atoms in total. The van der Waals surface area contributed by atoms with Crippen LogP contribution in [0.2, 0.25) is 8.43 Å². The predicted octanol–water partition coefficient (Wildman–Crippen LogP) is 1.71. The van der Waals surface area contributed by atoms with Gasteiger partial charge in [0.25, 0.3) is 0 Å². The summed E-state index contributed by atoms with van der Waals surface area (Å²) in [6.45, 7) is 2.40. The van der Waals surface area contributed by atoms with Gasteiger partial charge in [-0.15, -0.1) is 0 Å². The summed E-state index contributed by atoms with van der Waals surface area (Å²) in [5.74, 6) is 0. The normalized spacial score (nSPS) is 34.5. The second-order valence-electron chi connectivity index (χ2n) is 1.82. The van der Waals surface area contributed by atoms with Gasteiger partial charge in [-0.2, -0.15) is 0 Å².